The summed E-state index contributed by atoms with van der Waals surface area (Å²) in [6.07, 6.45) is 2.40. The van der Waals surface area contributed by atoms with Gasteiger partial charge in [-0.1, -0.05) is 0 Å². The van der Waals surface area contributed by atoms with E-state index in [1.165, 1.54) is 6.20 Å². The Labute approximate surface area is 120 Å². The van der Waals surface area contributed by atoms with Gasteiger partial charge in [0, 0.05) is 37.9 Å². The lowest BCUT2D eigenvalue weighted by atomic mass is 10.2. The van der Waals surface area contributed by atoms with Crippen LogP contribution < -0.4 is 5.32 Å². The van der Waals surface area contributed by atoms with E-state index in [0.717, 1.165) is 6.42 Å². The fourth-order valence-electron chi connectivity index (χ4n) is 2.35. The summed E-state index contributed by atoms with van der Waals surface area (Å²) in [7, 11) is 0.546. The van der Waals surface area contributed by atoms with Gasteiger partial charge in [0.25, 0.3) is 0 Å². The van der Waals surface area contributed by atoms with Crippen molar-refractivity contribution in [3.63, 3.8) is 0 Å². The molecule has 0 amide bonds. The number of pyridine rings is 1. The summed E-state index contributed by atoms with van der Waals surface area (Å²) < 4.78 is 26.8. The maximum absolute atomic E-state index is 12.6. The second-order valence-electron chi connectivity index (χ2n) is 5.18. The van der Waals surface area contributed by atoms with Crippen molar-refractivity contribution in [1.29, 1.82) is 0 Å². The molecule has 1 atom stereocenters. The summed E-state index contributed by atoms with van der Waals surface area (Å²) in [4.78, 5) is 6.49. The minimum absolute atomic E-state index is 0.292. The van der Waals surface area contributed by atoms with Crippen molar-refractivity contribution in [1.82, 2.24) is 14.2 Å². The van der Waals surface area contributed by atoms with Crippen LogP contribution in [0.4, 0.5) is 5.82 Å². The summed E-state index contributed by atoms with van der Waals surface area (Å²) in [5.74, 6) is 0.594. The number of likely N-dealkylation sites (N-methyl/N-ethyl adjacent to an activating group) is 1. The highest BCUT2D eigenvalue weighted by molar-refractivity contribution is 7.89. The molecule has 1 aromatic heterocycles. The molecular formula is C13H22N4O2S. The van der Waals surface area contributed by atoms with E-state index in [4.69, 9.17) is 0 Å². The molecule has 6 nitrogen and oxygen atoms in total. The summed E-state index contributed by atoms with van der Waals surface area (Å²) in [5.41, 5.74) is 0. The highest BCUT2D eigenvalue weighted by atomic mass is 32.2. The molecule has 2 rings (SSSR count). The normalized spacial score (nSPS) is 20.5. The standard InChI is InChI=1S/C13H22N4O2S/c1-4-14-13-9-12(5-7-15-13)20(18,19)17-8-6-11(10-17)16(2)3/h5,7,9,11H,4,6,8,10H2,1-3H3,(H,14,15). The number of rotatable bonds is 5. The number of nitrogens with one attached hydrogen (secondary N) is 1. The van der Waals surface area contributed by atoms with Crippen molar-refractivity contribution < 1.29 is 8.42 Å². The molecule has 0 saturated carbocycles. The third-order valence-corrected chi connectivity index (χ3v) is 5.44. The molecule has 0 radical (unpaired) electrons. The number of sulfonamides is 1. The molecule has 1 fully saturated rings. The van der Waals surface area contributed by atoms with Crippen molar-refractivity contribution in [2.75, 3.05) is 39.0 Å². The zero-order valence-electron chi connectivity index (χ0n) is 12.2. The second kappa shape index (κ2) is 6.07. The molecule has 0 aliphatic carbocycles. The Balaban J connectivity index is 2.20. The number of nitrogens with zero attached hydrogens (tertiary/aromatic N) is 3. The maximum Gasteiger partial charge on any atom is 0.243 e. The van der Waals surface area contributed by atoms with E-state index in [9.17, 15) is 8.42 Å². The van der Waals surface area contributed by atoms with E-state index in [-0.39, 0.29) is 0 Å². The van der Waals surface area contributed by atoms with Crippen molar-refractivity contribution in [3.05, 3.63) is 18.3 Å². The van der Waals surface area contributed by atoms with Crippen LogP contribution in [0.25, 0.3) is 0 Å². The lowest BCUT2D eigenvalue weighted by Gasteiger charge is -2.20. The van der Waals surface area contributed by atoms with Gasteiger partial charge in [-0.2, -0.15) is 4.31 Å². The van der Waals surface area contributed by atoms with Gasteiger partial charge in [0.05, 0.1) is 4.90 Å². The summed E-state index contributed by atoms with van der Waals surface area (Å²) in [6, 6.07) is 3.45. The minimum atomic E-state index is -3.42. The van der Waals surface area contributed by atoms with Crippen molar-refractivity contribution in [2.24, 2.45) is 0 Å². The molecule has 1 unspecified atom stereocenters. The quantitative estimate of drug-likeness (QED) is 0.872. The van der Waals surface area contributed by atoms with E-state index in [2.05, 4.69) is 15.2 Å². The third-order valence-electron chi connectivity index (χ3n) is 3.58. The lowest BCUT2D eigenvalue weighted by Crippen LogP contribution is -2.34. The van der Waals surface area contributed by atoms with Gasteiger partial charge >= 0.3 is 0 Å². The van der Waals surface area contributed by atoms with Gasteiger partial charge in [-0.05, 0) is 33.5 Å². The molecule has 112 valence electrons. The van der Waals surface area contributed by atoms with Gasteiger partial charge in [-0.15, -0.1) is 0 Å². The summed E-state index contributed by atoms with van der Waals surface area (Å²) >= 11 is 0. The number of hydrogen-bond acceptors (Lipinski definition) is 5. The highest BCUT2D eigenvalue weighted by Gasteiger charge is 2.33. The molecule has 20 heavy (non-hydrogen) atoms. The van der Waals surface area contributed by atoms with Crippen LogP contribution in [-0.4, -0.2) is 62.4 Å². The summed E-state index contributed by atoms with van der Waals surface area (Å²) in [5, 5.41) is 3.04. The van der Waals surface area contributed by atoms with Crippen LogP contribution in [0, 0.1) is 0 Å². The van der Waals surface area contributed by atoms with Crippen LogP contribution in [0.1, 0.15) is 13.3 Å². The SMILES string of the molecule is CCNc1cc(S(=O)(=O)N2CCC(N(C)C)C2)ccn1. The van der Waals surface area contributed by atoms with Gasteiger partial charge in [0.15, 0.2) is 0 Å². The van der Waals surface area contributed by atoms with Crippen molar-refractivity contribution in [2.45, 2.75) is 24.3 Å². The molecule has 0 aromatic carbocycles. The van der Waals surface area contributed by atoms with Gasteiger partial charge in [-0.3, -0.25) is 0 Å². The Morgan fingerprint density at radius 3 is 2.85 bits per heavy atom. The van der Waals surface area contributed by atoms with Crippen LogP contribution in [0.15, 0.2) is 23.2 Å². The maximum atomic E-state index is 12.6. The van der Waals surface area contributed by atoms with Crippen LogP contribution in [0.5, 0.6) is 0 Å². The van der Waals surface area contributed by atoms with Crippen LogP contribution in [0.3, 0.4) is 0 Å². The highest BCUT2D eigenvalue weighted by Crippen LogP contribution is 2.23. The third kappa shape index (κ3) is 3.11. The topological polar surface area (TPSA) is 65.5 Å². The Kier molecular flexibility index (Phi) is 4.62. The molecule has 7 heteroatoms. The van der Waals surface area contributed by atoms with E-state index in [1.807, 2.05) is 21.0 Å². The fraction of sp³-hybridized carbons (Fsp3) is 0.615. The van der Waals surface area contributed by atoms with Crippen molar-refractivity contribution >= 4 is 15.8 Å². The molecule has 1 aliphatic heterocycles. The molecule has 1 N–H and O–H groups in total. The van der Waals surface area contributed by atoms with Crippen LogP contribution in [-0.2, 0) is 10.0 Å². The molecule has 0 spiro atoms. The summed E-state index contributed by atoms with van der Waals surface area (Å²) in [6.45, 7) is 3.78. The average Bonchev–Trinajstić information content (AvgIpc) is 2.90. The van der Waals surface area contributed by atoms with Gasteiger partial charge in [0.2, 0.25) is 10.0 Å². The molecule has 1 aliphatic rings. The first-order valence-corrected chi connectivity index (χ1v) is 8.25. The van der Waals surface area contributed by atoms with Crippen molar-refractivity contribution in [3.8, 4) is 0 Å². The smallest absolute Gasteiger partial charge is 0.243 e. The lowest BCUT2D eigenvalue weighted by molar-refractivity contribution is 0.302. The largest absolute Gasteiger partial charge is 0.370 e. The Hall–Kier alpha value is -1.18. The van der Waals surface area contributed by atoms with Crippen LogP contribution >= 0.6 is 0 Å². The molecule has 2 heterocycles. The van der Waals surface area contributed by atoms with Gasteiger partial charge in [0.1, 0.15) is 5.82 Å². The molecule has 1 saturated heterocycles. The Morgan fingerprint density at radius 1 is 1.50 bits per heavy atom. The van der Waals surface area contributed by atoms with E-state index >= 15 is 0 Å². The zero-order valence-corrected chi connectivity index (χ0v) is 13.0. The second-order valence-corrected chi connectivity index (χ2v) is 7.11. The molecular weight excluding hydrogens is 276 g/mol. The Morgan fingerprint density at radius 2 is 2.25 bits per heavy atom. The first kappa shape index (κ1) is 15.2. The van der Waals surface area contributed by atoms with Gasteiger partial charge < -0.3 is 10.2 Å². The predicted molar refractivity (Wildman–Crippen MR) is 79.3 cm³/mol. The zero-order chi connectivity index (χ0) is 14.8. The first-order chi connectivity index (χ1) is 9.45. The first-order valence-electron chi connectivity index (χ1n) is 6.81. The minimum Gasteiger partial charge on any atom is -0.370 e. The number of anilines is 1. The predicted octanol–water partition coefficient (Wildman–Crippen LogP) is 0.838. The monoisotopic (exact) mass is 298 g/mol. The molecule has 0 bridgehead atoms. The van der Waals surface area contributed by atoms with E-state index < -0.39 is 10.0 Å². The van der Waals surface area contributed by atoms with Crippen LogP contribution in [0.2, 0.25) is 0 Å². The van der Waals surface area contributed by atoms with E-state index in [1.54, 1.807) is 16.4 Å². The Bertz CT molecular complexity index is 559. The average molecular weight is 298 g/mol. The molecule has 1 aromatic rings. The number of hydrogen-bond donors (Lipinski definition) is 1. The number of aromatic nitrogens is 1. The van der Waals surface area contributed by atoms with Gasteiger partial charge in [-0.25, -0.2) is 13.4 Å². The van der Waals surface area contributed by atoms with E-state index in [0.29, 0.717) is 36.4 Å². The fourth-order valence-corrected chi connectivity index (χ4v) is 3.85.